The van der Waals surface area contributed by atoms with Gasteiger partial charge in [-0.05, 0) is 30.2 Å². The van der Waals surface area contributed by atoms with Crippen molar-refractivity contribution in [1.82, 2.24) is 10.6 Å². The zero-order chi connectivity index (χ0) is 22.1. The van der Waals surface area contributed by atoms with Gasteiger partial charge in [-0.3, -0.25) is 4.79 Å². The van der Waals surface area contributed by atoms with Gasteiger partial charge < -0.3 is 30.7 Å². The molecule has 0 heterocycles. The van der Waals surface area contributed by atoms with Crippen LogP contribution in [0, 0.1) is 0 Å². The van der Waals surface area contributed by atoms with Gasteiger partial charge in [0.1, 0.15) is 18.4 Å². The lowest BCUT2D eigenvalue weighted by Gasteiger charge is -2.22. The molecule has 0 saturated carbocycles. The molecule has 2 aromatic carbocycles. The van der Waals surface area contributed by atoms with Gasteiger partial charge in [-0.25, -0.2) is 9.59 Å². The predicted molar refractivity (Wildman–Crippen MR) is 107 cm³/mol. The molecule has 160 valence electrons. The van der Waals surface area contributed by atoms with Crippen LogP contribution in [-0.4, -0.2) is 51.5 Å². The number of aliphatic hydroxyl groups excluding tert-OH is 1. The summed E-state index contributed by atoms with van der Waals surface area (Å²) in [4.78, 5) is 36.1. The van der Waals surface area contributed by atoms with Gasteiger partial charge in [0.15, 0.2) is 6.04 Å². The summed E-state index contributed by atoms with van der Waals surface area (Å²) in [6.45, 7) is 1.22. The maximum atomic E-state index is 12.6. The number of carbonyl (C=O) groups excluding carboxylic acids is 2. The Labute approximate surface area is 173 Å². The standard InChI is InChI=1S/C21H24N2O7/c1-13(24)18(20(27)28)23-19(26)17(11-14-7-9-16(25)10-8-14)22-21(29)30-12-15-5-3-2-4-6-15/h2-10,13,17-18,24-25H,11-12H2,1H3,(H,22,29)(H,23,26)(H,27,28). The summed E-state index contributed by atoms with van der Waals surface area (Å²) in [7, 11) is 0. The molecule has 3 atom stereocenters. The van der Waals surface area contributed by atoms with Crippen LogP contribution in [0.5, 0.6) is 5.75 Å². The van der Waals surface area contributed by atoms with Crippen molar-refractivity contribution in [1.29, 1.82) is 0 Å². The Morgan fingerprint density at radius 2 is 1.60 bits per heavy atom. The zero-order valence-electron chi connectivity index (χ0n) is 16.3. The monoisotopic (exact) mass is 416 g/mol. The lowest BCUT2D eigenvalue weighted by Crippen LogP contribution is -2.55. The Hall–Kier alpha value is -3.59. The third-order valence-electron chi connectivity index (χ3n) is 4.24. The highest BCUT2D eigenvalue weighted by Gasteiger charge is 2.30. The molecule has 0 spiro atoms. The molecule has 2 amide bonds. The van der Waals surface area contributed by atoms with Crippen molar-refractivity contribution in [3.8, 4) is 5.75 Å². The Kier molecular flexibility index (Phi) is 8.18. The number of carboxylic acids is 1. The fraction of sp³-hybridized carbons (Fsp3) is 0.286. The summed E-state index contributed by atoms with van der Waals surface area (Å²) in [5.41, 5.74) is 1.37. The van der Waals surface area contributed by atoms with Gasteiger partial charge in [-0.15, -0.1) is 0 Å². The molecule has 0 radical (unpaired) electrons. The smallest absolute Gasteiger partial charge is 0.408 e. The fourth-order valence-corrected chi connectivity index (χ4v) is 2.63. The Bertz CT molecular complexity index is 853. The van der Waals surface area contributed by atoms with E-state index in [9.17, 15) is 29.7 Å². The molecule has 0 aliphatic heterocycles. The molecule has 30 heavy (non-hydrogen) atoms. The number of amides is 2. The summed E-state index contributed by atoms with van der Waals surface area (Å²) in [6.07, 6.45) is -2.19. The van der Waals surface area contributed by atoms with Crippen LogP contribution >= 0.6 is 0 Å². The molecular weight excluding hydrogens is 392 g/mol. The average Bonchev–Trinajstić information content (AvgIpc) is 2.71. The highest BCUT2D eigenvalue weighted by Crippen LogP contribution is 2.12. The van der Waals surface area contributed by atoms with Crippen LogP contribution in [0.1, 0.15) is 18.1 Å². The number of alkyl carbamates (subject to hydrolysis) is 1. The van der Waals surface area contributed by atoms with E-state index in [1.807, 2.05) is 6.07 Å². The number of nitrogens with one attached hydrogen (secondary N) is 2. The van der Waals surface area contributed by atoms with Crippen LogP contribution in [0.3, 0.4) is 0 Å². The van der Waals surface area contributed by atoms with Crippen molar-refractivity contribution < 1.29 is 34.4 Å². The summed E-state index contributed by atoms with van der Waals surface area (Å²) < 4.78 is 5.13. The van der Waals surface area contributed by atoms with Gasteiger partial charge in [0, 0.05) is 6.42 Å². The molecule has 5 N–H and O–H groups in total. The molecule has 0 aliphatic rings. The summed E-state index contributed by atoms with van der Waals surface area (Å²) in [5, 5.41) is 32.8. The SMILES string of the molecule is CC(O)C(NC(=O)C(Cc1ccc(O)cc1)NC(=O)OCc1ccccc1)C(=O)O. The number of benzene rings is 2. The number of carbonyl (C=O) groups is 3. The van der Waals surface area contributed by atoms with Gasteiger partial charge in [-0.1, -0.05) is 42.5 Å². The second-order valence-corrected chi connectivity index (χ2v) is 6.69. The third-order valence-corrected chi connectivity index (χ3v) is 4.24. The van der Waals surface area contributed by atoms with E-state index in [0.29, 0.717) is 5.56 Å². The quantitative estimate of drug-likeness (QED) is 0.413. The van der Waals surface area contributed by atoms with Crippen LogP contribution in [0.25, 0.3) is 0 Å². The van der Waals surface area contributed by atoms with Gasteiger partial charge in [0.2, 0.25) is 5.91 Å². The highest BCUT2D eigenvalue weighted by molar-refractivity contribution is 5.89. The Balaban J connectivity index is 2.09. The van der Waals surface area contributed by atoms with Crippen LogP contribution in [0.4, 0.5) is 4.79 Å². The van der Waals surface area contributed by atoms with Gasteiger partial charge >= 0.3 is 12.1 Å². The summed E-state index contributed by atoms with van der Waals surface area (Å²) in [6, 6.07) is 12.2. The van der Waals surface area contributed by atoms with Crippen molar-refractivity contribution in [2.24, 2.45) is 0 Å². The summed E-state index contributed by atoms with van der Waals surface area (Å²) in [5.74, 6) is -2.17. The Morgan fingerprint density at radius 3 is 2.17 bits per heavy atom. The average molecular weight is 416 g/mol. The van der Waals surface area contributed by atoms with Gasteiger partial charge in [0.25, 0.3) is 0 Å². The number of rotatable bonds is 9. The van der Waals surface area contributed by atoms with Crippen molar-refractivity contribution in [3.63, 3.8) is 0 Å². The normalized spacial score (nSPS) is 13.5. The molecule has 3 unspecified atom stereocenters. The molecule has 0 bridgehead atoms. The van der Waals surface area contributed by atoms with E-state index in [1.165, 1.54) is 19.1 Å². The van der Waals surface area contributed by atoms with E-state index >= 15 is 0 Å². The van der Waals surface area contributed by atoms with Crippen molar-refractivity contribution in [2.45, 2.75) is 38.1 Å². The molecule has 2 aromatic rings. The lowest BCUT2D eigenvalue weighted by molar-refractivity contribution is -0.145. The number of carboxylic acid groups (broad SMARTS) is 1. The van der Waals surface area contributed by atoms with E-state index in [1.54, 1.807) is 36.4 Å². The molecule has 9 nitrogen and oxygen atoms in total. The van der Waals surface area contributed by atoms with Crippen molar-refractivity contribution >= 4 is 18.0 Å². The third kappa shape index (κ3) is 7.10. The van der Waals surface area contributed by atoms with Crippen molar-refractivity contribution in [2.75, 3.05) is 0 Å². The first-order valence-corrected chi connectivity index (χ1v) is 9.22. The van der Waals surface area contributed by atoms with Crippen LogP contribution in [0.15, 0.2) is 54.6 Å². The largest absolute Gasteiger partial charge is 0.508 e. The number of phenolic OH excluding ortho intramolecular Hbond substituents is 1. The number of hydrogen-bond donors (Lipinski definition) is 5. The number of aliphatic carboxylic acids is 1. The first-order chi connectivity index (χ1) is 14.3. The van der Waals surface area contributed by atoms with E-state index in [4.69, 9.17) is 4.74 Å². The maximum Gasteiger partial charge on any atom is 0.408 e. The predicted octanol–water partition coefficient (Wildman–Crippen LogP) is 1.18. The van der Waals surface area contributed by atoms with Gasteiger partial charge in [0.05, 0.1) is 6.10 Å². The maximum absolute atomic E-state index is 12.6. The minimum absolute atomic E-state index is 0.00829. The molecule has 9 heteroatoms. The first-order valence-electron chi connectivity index (χ1n) is 9.22. The molecule has 0 aliphatic carbocycles. The number of ether oxygens (including phenoxy) is 1. The molecule has 0 aromatic heterocycles. The second kappa shape index (κ2) is 10.8. The lowest BCUT2D eigenvalue weighted by atomic mass is 10.0. The number of aromatic hydroxyl groups is 1. The minimum atomic E-state index is -1.54. The van der Waals surface area contributed by atoms with Crippen LogP contribution in [0.2, 0.25) is 0 Å². The topological polar surface area (TPSA) is 145 Å². The van der Waals surface area contributed by atoms with E-state index in [2.05, 4.69) is 10.6 Å². The molecule has 0 fully saturated rings. The van der Waals surface area contributed by atoms with Crippen molar-refractivity contribution in [3.05, 3.63) is 65.7 Å². The fourth-order valence-electron chi connectivity index (χ4n) is 2.63. The zero-order valence-corrected chi connectivity index (χ0v) is 16.3. The number of hydrogen-bond acceptors (Lipinski definition) is 6. The molecule has 0 saturated heterocycles. The van der Waals surface area contributed by atoms with Gasteiger partial charge in [-0.2, -0.15) is 0 Å². The molecular formula is C21H24N2O7. The number of aliphatic hydroxyl groups is 1. The highest BCUT2D eigenvalue weighted by atomic mass is 16.5. The van der Waals surface area contributed by atoms with Crippen LogP contribution in [-0.2, 0) is 27.4 Å². The van der Waals surface area contributed by atoms with E-state index < -0.39 is 36.2 Å². The molecule has 2 rings (SSSR count). The Morgan fingerprint density at radius 1 is 0.967 bits per heavy atom. The minimum Gasteiger partial charge on any atom is -0.508 e. The number of phenols is 1. The summed E-state index contributed by atoms with van der Waals surface area (Å²) >= 11 is 0. The van der Waals surface area contributed by atoms with E-state index in [-0.39, 0.29) is 18.8 Å². The van der Waals surface area contributed by atoms with E-state index in [0.717, 1.165) is 5.56 Å². The second-order valence-electron chi connectivity index (χ2n) is 6.69. The van der Waals surface area contributed by atoms with Crippen LogP contribution < -0.4 is 10.6 Å². The first kappa shape index (κ1) is 22.7.